The van der Waals surface area contributed by atoms with Gasteiger partial charge in [-0.15, -0.1) is 0 Å². The Morgan fingerprint density at radius 2 is 2.17 bits per heavy atom. The Morgan fingerprint density at radius 1 is 1.44 bits per heavy atom. The van der Waals surface area contributed by atoms with Gasteiger partial charge in [0.2, 0.25) is 5.91 Å². The molecule has 18 heavy (non-hydrogen) atoms. The minimum atomic E-state index is -0.328. The first-order chi connectivity index (χ1) is 8.65. The monoisotopic (exact) mass is 265 g/mol. The van der Waals surface area contributed by atoms with Gasteiger partial charge < -0.3 is 10.3 Å². The second kappa shape index (κ2) is 5.68. The molecule has 2 aromatic rings. The molecule has 6 heteroatoms. The highest BCUT2D eigenvalue weighted by molar-refractivity contribution is 8.00. The molecule has 0 fully saturated rings. The molecule has 1 aromatic heterocycles. The Bertz CT molecular complexity index is 513. The maximum absolute atomic E-state index is 12.7. The molecule has 2 N–H and O–H groups in total. The molecular formula is C12H12FN3OS. The van der Waals surface area contributed by atoms with Gasteiger partial charge in [-0.1, -0.05) is 11.8 Å². The van der Waals surface area contributed by atoms with Crippen molar-refractivity contribution in [2.24, 2.45) is 0 Å². The molecule has 0 saturated carbocycles. The summed E-state index contributed by atoms with van der Waals surface area (Å²) >= 11 is 1.33. The number of H-pyrrole nitrogens is 1. The van der Waals surface area contributed by atoms with E-state index in [9.17, 15) is 9.18 Å². The van der Waals surface area contributed by atoms with Crippen LogP contribution < -0.4 is 5.32 Å². The van der Waals surface area contributed by atoms with Gasteiger partial charge in [0.15, 0.2) is 5.16 Å². The molecule has 1 atom stereocenters. The van der Waals surface area contributed by atoms with Gasteiger partial charge >= 0.3 is 0 Å². The van der Waals surface area contributed by atoms with Crippen LogP contribution in [0.15, 0.2) is 41.8 Å². The van der Waals surface area contributed by atoms with E-state index in [2.05, 4.69) is 15.3 Å². The van der Waals surface area contributed by atoms with Crippen LogP contribution in [0.5, 0.6) is 0 Å². The number of carbonyl (C=O) groups is 1. The van der Waals surface area contributed by atoms with Gasteiger partial charge in [-0.3, -0.25) is 4.79 Å². The number of imidazole rings is 1. The molecule has 0 aliphatic rings. The summed E-state index contributed by atoms with van der Waals surface area (Å²) in [7, 11) is 0. The maximum Gasteiger partial charge on any atom is 0.237 e. The normalized spacial score (nSPS) is 12.1. The average molecular weight is 265 g/mol. The van der Waals surface area contributed by atoms with Gasteiger partial charge in [0.1, 0.15) is 5.82 Å². The van der Waals surface area contributed by atoms with E-state index >= 15 is 0 Å². The number of carbonyl (C=O) groups excluding carboxylic acids is 1. The molecule has 1 amide bonds. The number of rotatable bonds is 4. The number of nitrogens with zero attached hydrogens (tertiary/aromatic N) is 1. The summed E-state index contributed by atoms with van der Waals surface area (Å²) in [6.45, 7) is 1.78. The van der Waals surface area contributed by atoms with Crippen molar-refractivity contribution in [2.75, 3.05) is 5.32 Å². The summed E-state index contributed by atoms with van der Waals surface area (Å²) in [5.74, 6) is -0.478. The summed E-state index contributed by atoms with van der Waals surface area (Å²) < 4.78 is 12.7. The summed E-state index contributed by atoms with van der Waals surface area (Å²) in [6, 6.07) is 5.66. The molecule has 1 aromatic carbocycles. The Kier molecular flexibility index (Phi) is 3.99. The lowest BCUT2D eigenvalue weighted by molar-refractivity contribution is -0.115. The number of halogens is 1. The molecule has 0 bridgehead atoms. The number of thioether (sulfide) groups is 1. The predicted octanol–water partition coefficient (Wildman–Crippen LogP) is 2.67. The van der Waals surface area contributed by atoms with Crippen molar-refractivity contribution in [1.82, 2.24) is 9.97 Å². The standard InChI is InChI=1S/C12H12FN3OS/c1-8(18-12-14-6-7-15-12)11(17)16-10-4-2-9(13)3-5-10/h2-8H,1H3,(H,14,15)(H,16,17). The molecule has 0 radical (unpaired) electrons. The second-order valence-electron chi connectivity index (χ2n) is 3.65. The number of aromatic nitrogens is 2. The van der Waals surface area contributed by atoms with Crippen LogP contribution in [0.4, 0.5) is 10.1 Å². The van der Waals surface area contributed by atoms with Gasteiger partial charge in [0, 0.05) is 18.1 Å². The van der Waals surface area contributed by atoms with Crippen molar-refractivity contribution in [3.8, 4) is 0 Å². The fourth-order valence-corrected chi connectivity index (χ4v) is 2.07. The van der Waals surface area contributed by atoms with E-state index in [1.54, 1.807) is 19.3 Å². The van der Waals surface area contributed by atoms with Gasteiger partial charge in [-0.2, -0.15) is 0 Å². The lowest BCUT2D eigenvalue weighted by Gasteiger charge is -2.10. The van der Waals surface area contributed by atoms with E-state index in [0.29, 0.717) is 10.8 Å². The van der Waals surface area contributed by atoms with Crippen LogP contribution in [0, 0.1) is 5.82 Å². The molecule has 0 aliphatic heterocycles. The lowest BCUT2D eigenvalue weighted by Crippen LogP contribution is -2.22. The Balaban J connectivity index is 1.93. The first kappa shape index (κ1) is 12.6. The number of aromatic amines is 1. The number of benzene rings is 1. The van der Waals surface area contributed by atoms with Crippen LogP contribution in [-0.2, 0) is 4.79 Å². The van der Waals surface area contributed by atoms with Crippen LogP contribution in [0.2, 0.25) is 0 Å². The number of anilines is 1. The largest absolute Gasteiger partial charge is 0.340 e. The molecule has 0 aliphatic carbocycles. The Labute approximate surface area is 108 Å². The van der Waals surface area contributed by atoms with E-state index in [0.717, 1.165) is 0 Å². The highest BCUT2D eigenvalue weighted by Crippen LogP contribution is 2.20. The van der Waals surface area contributed by atoms with Crippen LogP contribution >= 0.6 is 11.8 Å². The molecule has 4 nitrogen and oxygen atoms in total. The molecule has 2 rings (SSSR count). The SMILES string of the molecule is CC(Sc1ncc[nH]1)C(=O)Nc1ccc(F)cc1. The summed E-state index contributed by atoms with van der Waals surface area (Å²) in [4.78, 5) is 18.8. The second-order valence-corrected chi connectivity index (χ2v) is 4.98. The summed E-state index contributed by atoms with van der Waals surface area (Å²) in [5.41, 5.74) is 0.577. The van der Waals surface area contributed by atoms with E-state index < -0.39 is 0 Å². The Hall–Kier alpha value is -1.82. The Morgan fingerprint density at radius 3 is 2.78 bits per heavy atom. The van der Waals surface area contributed by atoms with E-state index in [4.69, 9.17) is 0 Å². The topological polar surface area (TPSA) is 57.8 Å². The molecule has 1 unspecified atom stereocenters. The number of hydrogen-bond acceptors (Lipinski definition) is 3. The summed E-state index contributed by atoms with van der Waals surface area (Å²) in [6.07, 6.45) is 3.33. The fraction of sp³-hybridized carbons (Fsp3) is 0.167. The van der Waals surface area contributed by atoms with E-state index in [1.807, 2.05) is 0 Å². The minimum absolute atomic E-state index is 0.150. The van der Waals surface area contributed by atoms with Crippen molar-refractivity contribution in [1.29, 1.82) is 0 Å². The van der Waals surface area contributed by atoms with E-state index in [-0.39, 0.29) is 17.0 Å². The highest BCUT2D eigenvalue weighted by Gasteiger charge is 2.15. The average Bonchev–Trinajstić information content (AvgIpc) is 2.85. The van der Waals surface area contributed by atoms with Crippen molar-refractivity contribution in [2.45, 2.75) is 17.3 Å². The zero-order valence-corrected chi connectivity index (χ0v) is 10.5. The molecule has 0 spiro atoms. The van der Waals surface area contributed by atoms with Gasteiger partial charge in [-0.25, -0.2) is 9.37 Å². The summed E-state index contributed by atoms with van der Waals surface area (Å²) in [5, 5.41) is 3.11. The molecule has 1 heterocycles. The third-order valence-electron chi connectivity index (χ3n) is 2.24. The third-order valence-corrected chi connectivity index (χ3v) is 3.26. The molecule has 0 saturated heterocycles. The zero-order chi connectivity index (χ0) is 13.0. The zero-order valence-electron chi connectivity index (χ0n) is 9.68. The van der Waals surface area contributed by atoms with Gasteiger partial charge in [0.25, 0.3) is 0 Å². The van der Waals surface area contributed by atoms with Gasteiger partial charge in [-0.05, 0) is 31.2 Å². The van der Waals surface area contributed by atoms with Crippen molar-refractivity contribution >= 4 is 23.4 Å². The van der Waals surface area contributed by atoms with Crippen LogP contribution in [-0.4, -0.2) is 21.1 Å². The molecule has 94 valence electrons. The van der Waals surface area contributed by atoms with Crippen molar-refractivity contribution in [3.05, 3.63) is 42.5 Å². The van der Waals surface area contributed by atoms with Crippen LogP contribution in [0.1, 0.15) is 6.92 Å². The minimum Gasteiger partial charge on any atom is -0.340 e. The maximum atomic E-state index is 12.7. The van der Waals surface area contributed by atoms with Gasteiger partial charge in [0.05, 0.1) is 5.25 Å². The number of hydrogen-bond donors (Lipinski definition) is 2. The highest BCUT2D eigenvalue weighted by atomic mass is 32.2. The smallest absolute Gasteiger partial charge is 0.237 e. The van der Waals surface area contributed by atoms with Crippen molar-refractivity contribution < 1.29 is 9.18 Å². The van der Waals surface area contributed by atoms with Crippen LogP contribution in [0.3, 0.4) is 0 Å². The lowest BCUT2D eigenvalue weighted by atomic mass is 10.3. The fourth-order valence-electron chi connectivity index (χ4n) is 1.31. The number of amides is 1. The first-order valence-electron chi connectivity index (χ1n) is 5.37. The quantitative estimate of drug-likeness (QED) is 0.836. The first-order valence-corrected chi connectivity index (χ1v) is 6.25. The predicted molar refractivity (Wildman–Crippen MR) is 68.9 cm³/mol. The van der Waals surface area contributed by atoms with Crippen molar-refractivity contribution in [3.63, 3.8) is 0 Å². The van der Waals surface area contributed by atoms with E-state index in [1.165, 1.54) is 36.0 Å². The van der Waals surface area contributed by atoms with Crippen LogP contribution in [0.25, 0.3) is 0 Å². The molecular weight excluding hydrogens is 253 g/mol. The third kappa shape index (κ3) is 3.33. The number of nitrogens with one attached hydrogen (secondary N) is 2.